The van der Waals surface area contributed by atoms with Gasteiger partial charge in [0.2, 0.25) is 0 Å². The molecule has 0 amide bonds. The van der Waals surface area contributed by atoms with Crippen molar-refractivity contribution in [3.05, 3.63) is 93.1 Å². The van der Waals surface area contributed by atoms with Crippen molar-refractivity contribution < 1.29 is 18.1 Å². The molecule has 0 aliphatic carbocycles. The van der Waals surface area contributed by atoms with Gasteiger partial charge >= 0.3 is 6.18 Å². The fourth-order valence-electron chi connectivity index (χ4n) is 3.22. The van der Waals surface area contributed by atoms with Crippen LogP contribution in [0.4, 0.5) is 24.5 Å². The lowest BCUT2D eigenvalue weighted by molar-refractivity contribution is -0.388. The maximum Gasteiger partial charge on any atom is 0.423 e. The lowest BCUT2D eigenvalue weighted by atomic mass is 10.0. The Bertz CT molecular complexity index is 1060. The molecule has 2 aromatic heterocycles. The van der Waals surface area contributed by atoms with Crippen molar-refractivity contribution in [3.8, 4) is 0 Å². The fourth-order valence-corrected chi connectivity index (χ4v) is 3.22. The number of hydrogen-bond donors (Lipinski definition) is 0. The highest BCUT2D eigenvalue weighted by Crippen LogP contribution is 2.41. The molecule has 0 aliphatic heterocycles. The van der Waals surface area contributed by atoms with E-state index in [4.69, 9.17) is 0 Å². The number of pyridine rings is 2. The summed E-state index contributed by atoms with van der Waals surface area (Å²) in [6, 6.07) is 11.1. The summed E-state index contributed by atoms with van der Waals surface area (Å²) in [6.45, 7) is 3.62. The number of hydrogen-bond acceptors (Lipinski definition) is 5. The molecule has 0 unspecified atom stereocenters. The maximum absolute atomic E-state index is 13.6. The van der Waals surface area contributed by atoms with Crippen molar-refractivity contribution in [2.24, 2.45) is 0 Å². The topological polar surface area (TPSA) is 72.2 Å². The van der Waals surface area contributed by atoms with Crippen LogP contribution in [0.5, 0.6) is 0 Å². The van der Waals surface area contributed by atoms with E-state index in [0.717, 1.165) is 17.3 Å². The molecule has 1 aromatic carbocycles. The molecule has 0 N–H and O–H groups in total. The largest absolute Gasteiger partial charge is 0.423 e. The second-order valence-corrected chi connectivity index (χ2v) is 6.84. The predicted octanol–water partition coefficient (Wildman–Crippen LogP) is 5.23. The third-order valence-corrected chi connectivity index (χ3v) is 4.69. The molecule has 3 aromatic rings. The van der Waals surface area contributed by atoms with Gasteiger partial charge in [0.15, 0.2) is 0 Å². The molecule has 2 heterocycles. The molecule has 0 saturated carbocycles. The number of aromatic nitrogens is 2. The summed E-state index contributed by atoms with van der Waals surface area (Å²) in [5.41, 5.74) is 0.205. The number of aryl methyl sites for hydroxylation is 2. The Morgan fingerprint density at radius 3 is 2.37 bits per heavy atom. The molecule has 0 spiro atoms. The van der Waals surface area contributed by atoms with Crippen LogP contribution in [0, 0.1) is 24.0 Å². The van der Waals surface area contributed by atoms with E-state index >= 15 is 0 Å². The van der Waals surface area contributed by atoms with Crippen molar-refractivity contribution in [2.75, 3.05) is 4.90 Å². The fraction of sp³-hybridized carbons (Fsp3) is 0.238. The van der Waals surface area contributed by atoms with Gasteiger partial charge in [-0.15, -0.1) is 0 Å². The van der Waals surface area contributed by atoms with Crippen molar-refractivity contribution in [3.63, 3.8) is 0 Å². The zero-order chi connectivity index (χ0) is 21.9. The molecule has 0 atom stereocenters. The van der Waals surface area contributed by atoms with E-state index in [1.165, 1.54) is 13.0 Å². The lowest BCUT2D eigenvalue weighted by Crippen LogP contribution is -2.24. The number of nitro groups is 1. The van der Waals surface area contributed by atoms with Crippen LogP contribution in [0.1, 0.15) is 28.1 Å². The van der Waals surface area contributed by atoms with Gasteiger partial charge in [-0.3, -0.25) is 20.1 Å². The number of benzene rings is 1. The molecule has 0 radical (unpaired) electrons. The van der Waals surface area contributed by atoms with Crippen LogP contribution < -0.4 is 4.90 Å². The summed E-state index contributed by atoms with van der Waals surface area (Å²) in [4.78, 5) is 20.5. The first-order chi connectivity index (χ1) is 14.2. The van der Waals surface area contributed by atoms with Gasteiger partial charge in [0, 0.05) is 35.9 Å². The van der Waals surface area contributed by atoms with Crippen LogP contribution in [-0.2, 0) is 19.3 Å². The van der Waals surface area contributed by atoms with Crippen molar-refractivity contribution >= 4 is 11.4 Å². The monoisotopic (exact) mass is 416 g/mol. The van der Waals surface area contributed by atoms with E-state index in [1.807, 2.05) is 13.0 Å². The van der Waals surface area contributed by atoms with Crippen LogP contribution >= 0.6 is 0 Å². The highest BCUT2D eigenvalue weighted by atomic mass is 19.4. The first kappa shape index (κ1) is 21.2. The summed E-state index contributed by atoms with van der Waals surface area (Å²) in [5.74, 6) is 0. The van der Waals surface area contributed by atoms with E-state index in [9.17, 15) is 23.3 Å². The van der Waals surface area contributed by atoms with E-state index in [-0.39, 0.29) is 24.3 Å². The molecule has 156 valence electrons. The van der Waals surface area contributed by atoms with Crippen LogP contribution in [0.25, 0.3) is 0 Å². The highest BCUT2D eigenvalue weighted by Gasteiger charge is 2.40. The molecule has 0 bridgehead atoms. The molecule has 0 fully saturated rings. The minimum atomic E-state index is -4.86. The predicted molar refractivity (Wildman–Crippen MR) is 106 cm³/mol. The van der Waals surface area contributed by atoms with Crippen molar-refractivity contribution in [2.45, 2.75) is 33.1 Å². The molecule has 6 nitrogen and oxygen atoms in total. The first-order valence-corrected chi connectivity index (χ1v) is 9.08. The van der Waals surface area contributed by atoms with Gasteiger partial charge in [0.25, 0.3) is 5.69 Å². The third-order valence-electron chi connectivity index (χ3n) is 4.69. The molecule has 0 saturated heterocycles. The number of alkyl halides is 3. The SMILES string of the molecule is Cc1cc(N(Cc2ccccn2)Cc2cccnc2C)cc(C(F)(F)F)c1[N+](=O)[O-]. The number of rotatable bonds is 6. The third kappa shape index (κ3) is 4.73. The van der Waals surface area contributed by atoms with Crippen molar-refractivity contribution in [1.82, 2.24) is 9.97 Å². The summed E-state index contributed by atoms with van der Waals surface area (Å²) < 4.78 is 40.8. The zero-order valence-electron chi connectivity index (χ0n) is 16.3. The van der Waals surface area contributed by atoms with Gasteiger partial charge in [-0.05, 0) is 49.7 Å². The first-order valence-electron chi connectivity index (χ1n) is 9.08. The van der Waals surface area contributed by atoms with E-state index in [0.29, 0.717) is 5.69 Å². The number of nitro benzene ring substituents is 1. The van der Waals surface area contributed by atoms with E-state index in [1.54, 1.807) is 41.6 Å². The Labute approximate surface area is 171 Å². The van der Waals surface area contributed by atoms with Gasteiger partial charge in [0.05, 0.1) is 17.2 Å². The highest BCUT2D eigenvalue weighted by molar-refractivity contribution is 5.61. The lowest BCUT2D eigenvalue weighted by Gasteiger charge is -2.26. The van der Waals surface area contributed by atoms with Gasteiger partial charge in [0.1, 0.15) is 5.56 Å². The van der Waals surface area contributed by atoms with Crippen LogP contribution in [0.15, 0.2) is 54.9 Å². The number of nitrogens with zero attached hydrogens (tertiary/aromatic N) is 4. The van der Waals surface area contributed by atoms with Crippen LogP contribution in [-0.4, -0.2) is 14.9 Å². The van der Waals surface area contributed by atoms with Crippen molar-refractivity contribution in [1.29, 1.82) is 0 Å². The van der Waals surface area contributed by atoms with Gasteiger partial charge in [-0.25, -0.2) is 0 Å². The average Bonchev–Trinajstić information content (AvgIpc) is 2.68. The molecule has 9 heteroatoms. The van der Waals surface area contributed by atoms with Crippen LogP contribution in [0.2, 0.25) is 0 Å². The molecule has 3 rings (SSSR count). The Balaban J connectivity index is 2.11. The van der Waals surface area contributed by atoms with Crippen LogP contribution in [0.3, 0.4) is 0 Å². The smallest absolute Gasteiger partial charge is 0.361 e. The Hall–Kier alpha value is -3.49. The van der Waals surface area contributed by atoms with Gasteiger partial charge < -0.3 is 4.90 Å². The molecule has 30 heavy (non-hydrogen) atoms. The zero-order valence-corrected chi connectivity index (χ0v) is 16.3. The maximum atomic E-state index is 13.6. The number of halogens is 3. The van der Waals surface area contributed by atoms with E-state index in [2.05, 4.69) is 9.97 Å². The second kappa shape index (κ2) is 8.48. The second-order valence-electron chi connectivity index (χ2n) is 6.84. The standard InChI is InChI=1S/C21H19F3N4O2/c1-14-10-18(11-19(21(22,23)24)20(14)28(29)30)27(13-17-7-3-4-8-26-17)12-16-6-5-9-25-15(16)2/h3-11H,12-13H2,1-2H3. The summed E-state index contributed by atoms with van der Waals surface area (Å²) in [5, 5.41) is 11.3. The van der Waals surface area contributed by atoms with E-state index < -0.39 is 22.4 Å². The summed E-state index contributed by atoms with van der Waals surface area (Å²) in [6.07, 6.45) is -1.62. The summed E-state index contributed by atoms with van der Waals surface area (Å²) >= 11 is 0. The average molecular weight is 416 g/mol. The minimum absolute atomic E-state index is 0.0567. The van der Waals surface area contributed by atoms with Gasteiger partial charge in [-0.1, -0.05) is 12.1 Å². The quantitative estimate of drug-likeness (QED) is 0.407. The summed E-state index contributed by atoms with van der Waals surface area (Å²) in [7, 11) is 0. The minimum Gasteiger partial charge on any atom is -0.361 e. The normalized spacial score (nSPS) is 11.4. The Morgan fingerprint density at radius 1 is 1.03 bits per heavy atom. The molecule has 0 aliphatic rings. The molecular formula is C21H19F3N4O2. The van der Waals surface area contributed by atoms with Gasteiger partial charge in [-0.2, -0.15) is 13.2 Å². The Morgan fingerprint density at radius 2 is 1.77 bits per heavy atom. The number of anilines is 1. The Kier molecular flexibility index (Phi) is 6.00. The molecular weight excluding hydrogens is 397 g/mol.